The van der Waals surface area contributed by atoms with Crippen LogP contribution in [0, 0.1) is 0 Å². The van der Waals surface area contributed by atoms with E-state index < -0.39 is 18.1 Å². The largest absolute Gasteiger partial charge is 0.477 e. The number of nitrogens with zero attached hydrogens (tertiary/aromatic N) is 1. The number of hydrogen-bond acceptors (Lipinski definition) is 6. The van der Waals surface area contributed by atoms with Crippen LogP contribution in [0.5, 0.6) is 0 Å². The van der Waals surface area contributed by atoms with E-state index in [1.807, 2.05) is 81.9 Å². The van der Waals surface area contributed by atoms with Gasteiger partial charge in [0, 0.05) is 19.3 Å². The first kappa shape index (κ1) is 40.8. The maximum absolute atomic E-state index is 12.4. The first-order chi connectivity index (χ1) is 21.1. The predicted molar refractivity (Wildman–Crippen MR) is 178 cm³/mol. The van der Waals surface area contributed by atoms with Gasteiger partial charge in [0.1, 0.15) is 6.61 Å². The van der Waals surface area contributed by atoms with Gasteiger partial charge in [-0.05, 0) is 38.5 Å². The number of esters is 2. The number of allylic oxidation sites excluding steroid dienone is 12. The molecule has 1 N–H and O–H groups in total. The van der Waals surface area contributed by atoms with Gasteiger partial charge in [-0.2, -0.15) is 0 Å². The number of carboxylic acids is 1. The van der Waals surface area contributed by atoms with Gasteiger partial charge in [0.05, 0.1) is 34.4 Å². The van der Waals surface area contributed by atoms with Crippen molar-refractivity contribution in [1.29, 1.82) is 0 Å². The zero-order valence-electron chi connectivity index (χ0n) is 27.8. The summed E-state index contributed by atoms with van der Waals surface area (Å²) in [5.41, 5.74) is 0. The lowest BCUT2D eigenvalue weighted by Crippen LogP contribution is -2.50. The SMILES string of the molecule is CC/C=C/C=C/C=C/C=C/C=C/CCCC(=O)OCC(COCCC(C(=O)O)[N+](C)(C)C)OC(=O)CC/C=C/CCCCC. The highest BCUT2D eigenvalue weighted by molar-refractivity contribution is 5.72. The van der Waals surface area contributed by atoms with Gasteiger partial charge in [-0.15, -0.1) is 0 Å². The molecule has 2 unspecified atom stereocenters. The number of hydrogen-bond donors (Lipinski definition) is 1. The molecule has 0 amide bonds. The van der Waals surface area contributed by atoms with Crippen molar-refractivity contribution < 1.29 is 38.2 Å². The molecule has 44 heavy (non-hydrogen) atoms. The number of ether oxygens (including phenoxy) is 3. The highest BCUT2D eigenvalue weighted by Crippen LogP contribution is 2.10. The first-order valence-corrected chi connectivity index (χ1v) is 16.0. The highest BCUT2D eigenvalue weighted by Gasteiger charge is 2.31. The van der Waals surface area contributed by atoms with Crippen LogP contribution in [0.4, 0.5) is 0 Å². The molecule has 0 rings (SSSR count). The van der Waals surface area contributed by atoms with Crippen LogP contribution < -0.4 is 0 Å². The Balaban J connectivity index is 4.67. The van der Waals surface area contributed by atoms with Crippen LogP contribution in [0.1, 0.15) is 84.5 Å². The van der Waals surface area contributed by atoms with Crippen molar-refractivity contribution in [2.24, 2.45) is 0 Å². The van der Waals surface area contributed by atoms with Crippen molar-refractivity contribution in [2.75, 3.05) is 41.0 Å². The lowest BCUT2D eigenvalue weighted by Gasteiger charge is -2.31. The molecule has 0 spiro atoms. The normalized spacial score (nSPS) is 14.1. The number of carboxylic acid groups (broad SMARTS) is 1. The van der Waals surface area contributed by atoms with Crippen LogP contribution in [0.25, 0.3) is 0 Å². The molecular formula is C36H58NO7+. The fourth-order valence-corrected chi connectivity index (χ4v) is 3.96. The Morgan fingerprint density at radius 2 is 1.32 bits per heavy atom. The summed E-state index contributed by atoms with van der Waals surface area (Å²) >= 11 is 0. The molecular weight excluding hydrogens is 558 g/mol. The smallest absolute Gasteiger partial charge is 0.362 e. The van der Waals surface area contributed by atoms with E-state index in [-0.39, 0.29) is 49.1 Å². The summed E-state index contributed by atoms with van der Waals surface area (Å²) in [5, 5.41) is 9.52. The van der Waals surface area contributed by atoms with Gasteiger partial charge >= 0.3 is 17.9 Å². The van der Waals surface area contributed by atoms with Crippen LogP contribution >= 0.6 is 0 Å². The second-order valence-electron chi connectivity index (χ2n) is 11.4. The average Bonchev–Trinajstić information content (AvgIpc) is 2.96. The van der Waals surface area contributed by atoms with E-state index in [2.05, 4.69) is 26.0 Å². The van der Waals surface area contributed by atoms with E-state index in [0.29, 0.717) is 19.3 Å². The van der Waals surface area contributed by atoms with E-state index >= 15 is 0 Å². The van der Waals surface area contributed by atoms with Crippen LogP contribution in [-0.4, -0.2) is 80.6 Å². The number of aliphatic carboxylic acids is 1. The third kappa shape index (κ3) is 25.3. The monoisotopic (exact) mass is 616 g/mol. The molecule has 0 aromatic carbocycles. The molecule has 0 bridgehead atoms. The topological polar surface area (TPSA) is 99.1 Å². The predicted octanol–water partition coefficient (Wildman–Crippen LogP) is 7.29. The maximum Gasteiger partial charge on any atom is 0.362 e. The fourth-order valence-electron chi connectivity index (χ4n) is 3.96. The number of rotatable bonds is 26. The Kier molecular flexibility index (Phi) is 25.3. The Bertz CT molecular complexity index is 954. The Morgan fingerprint density at radius 3 is 1.93 bits per heavy atom. The maximum atomic E-state index is 12.4. The number of carbonyl (C=O) groups excluding carboxylic acids is 2. The zero-order valence-corrected chi connectivity index (χ0v) is 27.8. The van der Waals surface area contributed by atoms with Gasteiger partial charge in [-0.25, -0.2) is 4.79 Å². The fraction of sp³-hybridized carbons (Fsp3) is 0.583. The highest BCUT2D eigenvalue weighted by atomic mass is 16.6. The molecule has 0 radical (unpaired) electrons. The lowest BCUT2D eigenvalue weighted by atomic mass is 10.1. The molecule has 0 fully saturated rings. The van der Waals surface area contributed by atoms with E-state index in [1.54, 1.807) is 0 Å². The zero-order chi connectivity index (χ0) is 32.9. The molecule has 2 atom stereocenters. The molecule has 0 aromatic heterocycles. The summed E-state index contributed by atoms with van der Waals surface area (Å²) in [5.74, 6) is -1.65. The number of unbranched alkanes of at least 4 members (excludes halogenated alkanes) is 4. The molecule has 0 aromatic rings. The van der Waals surface area contributed by atoms with Crippen molar-refractivity contribution in [3.8, 4) is 0 Å². The molecule has 0 saturated carbocycles. The number of carbonyl (C=O) groups is 3. The molecule has 0 aliphatic rings. The number of quaternary nitrogens is 1. The molecule has 0 saturated heterocycles. The van der Waals surface area contributed by atoms with Gasteiger partial charge in [0.2, 0.25) is 0 Å². The van der Waals surface area contributed by atoms with Crippen molar-refractivity contribution in [3.63, 3.8) is 0 Å². The Morgan fingerprint density at radius 1 is 0.705 bits per heavy atom. The average molecular weight is 617 g/mol. The van der Waals surface area contributed by atoms with E-state index in [0.717, 1.165) is 25.7 Å². The first-order valence-electron chi connectivity index (χ1n) is 16.0. The molecule has 248 valence electrons. The van der Waals surface area contributed by atoms with Crippen molar-refractivity contribution in [1.82, 2.24) is 0 Å². The number of likely N-dealkylation sites (N-methyl/N-ethyl adjacent to an activating group) is 1. The van der Waals surface area contributed by atoms with Crippen molar-refractivity contribution >= 4 is 17.9 Å². The molecule has 0 aliphatic carbocycles. The summed E-state index contributed by atoms with van der Waals surface area (Å²) in [6, 6.07) is -0.630. The Labute approximate surface area is 266 Å². The second-order valence-corrected chi connectivity index (χ2v) is 11.4. The minimum absolute atomic E-state index is 0.0180. The van der Waals surface area contributed by atoms with E-state index in [4.69, 9.17) is 14.2 Å². The Hall–Kier alpha value is -3.23. The summed E-state index contributed by atoms with van der Waals surface area (Å²) in [6.45, 7) is 4.35. The van der Waals surface area contributed by atoms with Crippen LogP contribution in [0.15, 0.2) is 72.9 Å². The molecule has 8 nitrogen and oxygen atoms in total. The lowest BCUT2D eigenvalue weighted by molar-refractivity contribution is -0.887. The summed E-state index contributed by atoms with van der Waals surface area (Å²) in [7, 11) is 5.45. The molecule has 0 heterocycles. The summed E-state index contributed by atoms with van der Waals surface area (Å²) in [4.78, 5) is 36.4. The van der Waals surface area contributed by atoms with Crippen LogP contribution in [0.3, 0.4) is 0 Å². The van der Waals surface area contributed by atoms with Gasteiger partial charge in [0.25, 0.3) is 0 Å². The van der Waals surface area contributed by atoms with Gasteiger partial charge in [-0.1, -0.05) is 99.6 Å². The van der Waals surface area contributed by atoms with Gasteiger partial charge in [0.15, 0.2) is 12.1 Å². The third-order valence-electron chi connectivity index (χ3n) is 6.48. The molecule has 8 heteroatoms. The van der Waals surface area contributed by atoms with E-state index in [1.165, 1.54) is 12.8 Å². The second kappa shape index (κ2) is 27.3. The quantitative estimate of drug-likeness (QED) is 0.0358. The summed E-state index contributed by atoms with van der Waals surface area (Å²) in [6.07, 6.45) is 31.3. The summed E-state index contributed by atoms with van der Waals surface area (Å²) < 4.78 is 16.9. The third-order valence-corrected chi connectivity index (χ3v) is 6.48. The minimum Gasteiger partial charge on any atom is -0.477 e. The van der Waals surface area contributed by atoms with E-state index in [9.17, 15) is 19.5 Å². The van der Waals surface area contributed by atoms with Crippen molar-refractivity contribution in [2.45, 2.75) is 96.6 Å². The molecule has 0 aliphatic heterocycles. The van der Waals surface area contributed by atoms with Gasteiger partial charge in [-0.3, -0.25) is 9.59 Å². The van der Waals surface area contributed by atoms with Crippen LogP contribution in [0.2, 0.25) is 0 Å². The minimum atomic E-state index is -0.896. The van der Waals surface area contributed by atoms with Crippen molar-refractivity contribution in [3.05, 3.63) is 72.9 Å². The standard InChI is InChI=1S/C36H57NO7/c1-6-8-10-12-14-15-16-17-18-19-21-22-24-26-34(38)43-31-32(30-42-29-28-33(36(40)41)37(3,4)5)44-35(39)27-25-23-20-13-11-9-7-2/h8,10,12,14-21,23,32-33H,6-7,9,11,13,22,24-31H2,1-5H3/p+1/b10-8+,14-12+,16-15+,18-17+,21-19+,23-20+. The van der Waals surface area contributed by atoms with Crippen LogP contribution in [-0.2, 0) is 28.6 Å². The van der Waals surface area contributed by atoms with Gasteiger partial charge < -0.3 is 23.8 Å².